The summed E-state index contributed by atoms with van der Waals surface area (Å²) < 4.78 is 17.8. The second-order valence-electron chi connectivity index (χ2n) is 9.61. The van der Waals surface area contributed by atoms with Gasteiger partial charge in [-0.05, 0) is 74.6 Å². The van der Waals surface area contributed by atoms with Gasteiger partial charge in [-0.25, -0.2) is 4.99 Å². The Balaban J connectivity index is 1.56. The van der Waals surface area contributed by atoms with Crippen LogP contribution in [0.2, 0.25) is 0 Å². The van der Waals surface area contributed by atoms with Gasteiger partial charge in [0.15, 0.2) is 0 Å². The van der Waals surface area contributed by atoms with Crippen molar-refractivity contribution in [2.24, 2.45) is 4.99 Å². The van der Waals surface area contributed by atoms with Crippen molar-refractivity contribution in [3.8, 4) is 11.5 Å². The van der Waals surface area contributed by atoms with Crippen molar-refractivity contribution >= 4 is 33.9 Å². The Morgan fingerprint density at radius 1 is 1.03 bits per heavy atom. The lowest BCUT2D eigenvalue weighted by atomic mass is 9.90. The van der Waals surface area contributed by atoms with Crippen molar-refractivity contribution in [3.63, 3.8) is 0 Å². The number of benzene rings is 3. The topological polar surface area (TPSA) is 76.3 Å². The minimum atomic E-state index is -0.319. The zero-order chi connectivity index (χ0) is 26.1. The van der Waals surface area contributed by atoms with Crippen LogP contribution in [0.3, 0.4) is 0 Å². The van der Waals surface area contributed by atoms with Crippen LogP contribution in [0.1, 0.15) is 41.3 Å². The molecule has 0 saturated carbocycles. The van der Waals surface area contributed by atoms with E-state index >= 15 is 0 Å². The molecule has 0 radical (unpaired) electrons. The van der Waals surface area contributed by atoms with Gasteiger partial charge in [-0.3, -0.25) is 4.79 Å². The molecule has 38 heavy (non-hydrogen) atoms. The van der Waals surface area contributed by atoms with Crippen molar-refractivity contribution in [3.05, 3.63) is 82.9 Å². The van der Waals surface area contributed by atoms with E-state index in [0.717, 1.165) is 49.7 Å². The molecule has 0 spiro atoms. The fraction of sp³-hybridized carbons (Fsp3) is 0.290. The van der Waals surface area contributed by atoms with Gasteiger partial charge >= 0.3 is 0 Å². The number of fused-ring (bicyclic) bond motifs is 2. The molecule has 4 aromatic rings. The average molecular weight is 510 g/mol. The number of hydrogen-bond acceptors (Lipinski definition) is 6. The second-order valence-corrected chi connectivity index (χ2v) is 9.61. The molecule has 1 N–H and O–H groups in total. The maximum absolute atomic E-state index is 13.7. The number of ether oxygens (including phenoxy) is 2. The van der Waals surface area contributed by atoms with Crippen LogP contribution in [-0.4, -0.2) is 32.7 Å². The van der Waals surface area contributed by atoms with Crippen molar-refractivity contribution in [1.82, 2.24) is 0 Å². The van der Waals surface area contributed by atoms with E-state index in [4.69, 9.17) is 18.9 Å². The smallest absolute Gasteiger partial charge is 0.261 e. The molecule has 0 atom stereocenters. The highest BCUT2D eigenvalue weighted by Crippen LogP contribution is 2.40. The van der Waals surface area contributed by atoms with Gasteiger partial charge < -0.3 is 24.1 Å². The zero-order valence-electron chi connectivity index (χ0n) is 21.8. The van der Waals surface area contributed by atoms with E-state index in [-0.39, 0.29) is 11.5 Å². The minimum Gasteiger partial charge on any atom is -0.495 e. The first-order valence-corrected chi connectivity index (χ1v) is 13.2. The summed E-state index contributed by atoms with van der Waals surface area (Å²) in [5.74, 6) is 0.900. The summed E-state index contributed by atoms with van der Waals surface area (Å²) in [5.41, 5.74) is 6.45. The van der Waals surface area contributed by atoms with E-state index in [9.17, 15) is 4.79 Å². The van der Waals surface area contributed by atoms with E-state index in [1.165, 1.54) is 16.8 Å². The molecule has 2 aliphatic rings. The number of carbonyl (C=O) groups excluding carboxylic acids is 1. The standard InChI is InChI=1S/C31H31N3O4/c1-3-37-27-15-7-5-13-25(27)33-31-23(30(35)32-24-12-4-6-14-26(24)36-2)19-21-18-20-10-8-16-34-17-9-11-22(28(20)34)29(21)38-31/h4-7,12-15,18-19H,3,8-11,16-17H2,1-2H3,(H,32,35). The zero-order valence-corrected chi connectivity index (χ0v) is 21.8. The molecule has 2 aliphatic heterocycles. The Morgan fingerprint density at radius 3 is 2.61 bits per heavy atom. The quantitative estimate of drug-likeness (QED) is 0.344. The normalized spacial score (nSPS) is 14.8. The summed E-state index contributed by atoms with van der Waals surface area (Å²) in [5, 5.41) is 3.92. The van der Waals surface area contributed by atoms with Gasteiger partial charge in [0.05, 0.1) is 19.4 Å². The molecular weight excluding hydrogens is 478 g/mol. The van der Waals surface area contributed by atoms with Gasteiger partial charge in [0.2, 0.25) is 5.55 Å². The Bertz CT molecular complexity index is 1590. The molecule has 0 saturated heterocycles. The van der Waals surface area contributed by atoms with Crippen LogP contribution in [0.4, 0.5) is 17.1 Å². The molecule has 7 nitrogen and oxygen atoms in total. The maximum atomic E-state index is 13.7. The lowest BCUT2D eigenvalue weighted by Crippen LogP contribution is -2.34. The average Bonchev–Trinajstić information content (AvgIpc) is 2.95. The highest BCUT2D eigenvalue weighted by Gasteiger charge is 2.27. The van der Waals surface area contributed by atoms with Crippen LogP contribution >= 0.6 is 0 Å². The lowest BCUT2D eigenvalue weighted by molar-refractivity contribution is 0.102. The molecule has 7 heteroatoms. The number of aryl methyl sites for hydroxylation is 2. The Morgan fingerprint density at radius 2 is 1.79 bits per heavy atom. The first-order chi connectivity index (χ1) is 18.7. The fourth-order valence-corrected chi connectivity index (χ4v) is 5.57. The van der Waals surface area contributed by atoms with Crippen LogP contribution in [0.5, 0.6) is 11.5 Å². The number of amides is 1. The highest BCUT2D eigenvalue weighted by atomic mass is 16.5. The van der Waals surface area contributed by atoms with E-state index in [2.05, 4.69) is 16.3 Å². The predicted octanol–water partition coefficient (Wildman–Crippen LogP) is 6.02. The van der Waals surface area contributed by atoms with E-state index < -0.39 is 0 Å². The fourth-order valence-electron chi connectivity index (χ4n) is 5.57. The summed E-state index contributed by atoms with van der Waals surface area (Å²) in [6.07, 6.45) is 4.20. The van der Waals surface area contributed by atoms with Crippen LogP contribution in [0.15, 0.2) is 70.1 Å². The summed E-state index contributed by atoms with van der Waals surface area (Å²) in [6.45, 7) is 4.59. The third-order valence-electron chi connectivity index (χ3n) is 7.22. The number of methoxy groups -OCH3 is 1. The van der Waals surface area contributed by atoms with Crippen molar-refractivity contribution in [1.29, 1.82) is 0 Å². The summed E-state index contributed by atoms with van der Waals surface area (Å²) >= 11 is 0. The van der Waals surface area contributed by atoms with Gasteiger partial charge in [0, 0.05) is 29.7 Å². The number of hydrogen-bond donors (Lipinski definition) is 1. The van der Waals surface area contributed by atoms with Gasteiger partial charge in [0.25, 0.3) is 5.91 Å². The van der Waals surface area contributed by atoms with E-state index in [1.807, 2.05) is 61.5 Å². The number of carbonyl (C=O) groups is 1. The van der Waals surface area contributed by atoms with Crippen LogP contribution in [0.25, 0.3) is 11.0 Å². The summed E-state index contributed by atoms with van der Waals surface area (Å²) in [4.78, 5) is 21.1. The first kappa shape index (κ1) is 24.1. The number of para-hydroxylation sites is 4. The molecular formula is C31H31N3O4. The minimum absolute atomic E-state index is 0.251. The lowest BCUT2D eigenvalue weighted by Gasteiger charge is -2.37. The molecule has 0 bridgehead atoms. The molecule has 1 aromatic heterocycles. The number of anilines is 2. The van der Waals surface area contributed by atoms with E-state index in [1.54, 1.807) is 7.11 Å². The maximum Gasteiger partial charge on any atom is 0.261 e. The van der Waals surface area contributed by atoms with Crippen molar-refractivity contribution in [2.75, 3.05) is 37.0 Å². The van der Waals surface area contributed by atoms with Gasteiger partial charge in [-0.2, -0.15) is 0 Å². The third kappa shape index (κ3) is 4.38. The molecule has 1 amide bonds. The Labute approximate surface area is 221 Å². The molecule has 0 aliphatic carbocycles. The molecule has 0 fully saturated rings. The third-order valence-corrected chi connectivity index (χ3v) is 7.22. The van der Waals surface area contributed by atoms with Gasteiger partial charge in [0.1, 0.15) is 28.3 Å². The van der Waals surface area contributed by atoms with Gasteiger partial charge in [-0.15, -0.1) is 0 Å². The number of nitrogens with one attached hydrogen (secondary N) is 1. The molecule has 6 rings (SSSR count). The number of nitrogens with zero attached hydrogens (tertiary/aromatic N) is 2. The Hall–Kier alpha value is -4.26. The van der Waals surface area contributed by atoms with Crippen LogP contribution in [0, 0.1) is 0 Å². The van der Waals surface area contributed by atoms with Gasteiger partial charge in [-0.1, -0.05) is 24.3 Å². The van der Waals surface area contributed by atoms with Crippen molar-refractivity contribution < 1.29 is 18.7 Å². The predicted molar refractivity (Wildman–Crippen MR) is 149 cm³/mol. The molecule has 3 heterocycles. The SMILES string of the molecule is CCOc1ccccc1N=c1oc2c3c4c(cc2cc1C(=O)Nc1ccccc1OC)CCCN4CCC3. The first-order valence-electron chi connectivity index (χ1n) is 13.2. The van der Waals surface area contributed by atoms with E-state index in [0.29, 0.717) is 35.0 Å². The monoisotopic (exact) mass is 509 g/mol. The summed E-state index contributed by atoms with van der Waals surface area (Å²) in [7, 11) is 1.58. The number of rotatable bonds is 6. The largest absolute Gasteiger partial charge is 0.495 e. The molecule has 194 valence electrons. The van der Waals surface area contributed by atoms with Crippen molar-refractivity contribution in [2.45, 2.75) is 32.6 Å². The molecule has 3 aromatic carbocycles. The molecule has 0 unspecified atom stereocenters. The highest BCUT2D eigenvalue weighted by molar-refractivity contribution is 6.06. The second kappa shape index (κ2) is 10.2. The Kier molecular flexibility index (Phi) is 6.50. The van der Waals surface area contributed by atoms with Crippen LogP contribution in [-0.2, 0) is 12.8 Å². The van der Waals surface area contributed by atoms with Crippen LogP contribution < -0.4 is 25.2 Å². The summed E-state index contributed by atoms with van der Waals surface area (Å²) in [6, 6.07) is 19.0.